The number of anilines is 1. The van der Waals surface area contributed by atoms with Gasteiger partial charge in [-0.05, 0) is 26.0 Å². The number of aliphatic imine (C=N–C) groups is 1. The minimum Gasteiger partial charge on any atom is -0.463 e. The molecule has 0 radical (unpaired) electrons. The van der Waals surface area contributed by atoms with Crippen molar-refractivity contribution in [3.8, 4) is 0 Å². The standard InChI is InChI=1S/C17H16ClFN4O2S/c1-3-25-16(24)13-8(2)21-15(12-7-26-17(20)22-12)23-14(13)10-5-4-9(19)6-11(10)18/h4-7,14H,3H2,1-2H3,(H2,20,22)(H,21,23). The molecule has 0 saturated carbocycles. The number of aromatic nitrogens is 1. The average Bonchev–Trinajstić information content (AvgIpc) is 3.01. The van der Waals surface area contributed by atoms with Crippen molar-refractivity contribution in [3.05, 3.63) is 56.9 Å². The summed E-state index contributed by atoms with van der Waals surface area (Å²) < 4.78 is 18.6. The van der Waals surface area contributed by atoms with E-state index in [9.17, 15) is 9.18 Å². The lowest BCUT2D eigenvalue weighted by Gasteiger charge is -2.26. The lowest BCUT2D eigenvalue weighted by molar-refractivity contribution is -0.138. The van der Waals surface area contributed by atoms with Gasteiger partial charge in [0.15, 0.2) is 11.0 Å². The number of thiazole rings is 1. The van der Waals surface area contributed by atoms with Gasteiger partial charge in [-0.25, -0.2) is 14.2 Å². The number of rotatable bonds is 4. The van der Waals surface area contributed by atoms with E-state index in [2.05, 4.69) is 15.3 Å². The lowest BCUT2D eigenvalue weighted by Crippen LogP contribution is -2.33. The predicted molar refractivity (Wildman–Crippen MR) is 99.7 cm³/mol. The molecule has 0 amide bonds. The molecule has 0 saturated heterocycles. The molecule has 1 aliphatic rings. The first kappa shape index (κ1) is 18.3. The fourth-order valence-corrected chi connectivity index (χ4v) is 3.44. The van der Waals surface area contributed by atoms with Crippen molar-refractivity contribution in [2.45, 2.75) is 19.9 Å². The second-order valence-electron chi connectivity index (χ2n) is 5.50. The van der Waals surface area contributed by atoms with Crippen LogP contribution in [0, 0.1) is 5.82 Å². The molecule has 1 aliphatic heterocycles. The molecule has 2 aromatic rings. The van der Waals surface area contributed by atoms with Crippen LogP contribution in [0.4, 0.5) is 9.52 Å². The number of amidine groups is 1. The van der Waals surface area contributed by atoms with Crippen molar-refractivity contribution in [1.82, 2.24) is 10.3 Å². The van der Waals surface area contributed by atoms with Gasteiger partial charge in [-0.3, -0.25) is 4.99 Å². The highest BCUT2D eigenvalue weighted by Gasteiger charge is 2.32. The molecule has 1 aromatic carbocycles. The summed E-state index contributed by atoms with van der Waals surface area (Å²) in [5.74, 6) is -0.528. The van der Waals surface area contributed by atoms with Crippen molar-refractivity contribution in [3.63, 3.8) is 0 Å². The first-order valence-electron chi connectivity index (χ1n) is 7.79. The number of ether oxygens (including phenoxy) is 1. The summed E-state index contributed by atoms with van der Waals surface area (Å²) >= 11 is 7.50. The molecule has 136 valence electrons. The zero-order valence-corrected chi connectivity index (χ0v) is 15.6. The van der Waals surface area contributed by atoms with E-state index in [1.54, 1.807) is 19.2 Å². The topological polar surface area (TPSA) is 89.6 Å². The average molecular weight is 395 g/mol. The molecule has 0 bridgehead atoms. The number of halogens is 2. The summed E-state index contributed by atoms with van der Waals surface area (Å²) in [4.78, 5) is 21.3. The summed E-state index contributed by atoms with van der Waals surface area (Å²) in [6.45, 7) is 3.68. The van der Waals surface area contributed by atoms with Crippen molar-refractivity contribution in [2.24, 2.45) is 4.99 Å². The third-order valence-corrected chi connectivity index (χ3v) is 4.76. The van der Waals surface area contributed by atoms with E-state index in [1.165, 1.54) is 29.5 Å². The van der Waals surface area contributed by atoms with Crippen LogP contribution < -0.4 is 11.1 Å². The number of nitrogen functional groups attached to an aromatic ring is 1. The van der Waals surface area contributed by atoms with E-state index in [0.29, 0.717) is 33.5 Å². The normalized spacial score (nSPS) is 16.9. The van der Waals surface area contributed by atoms with Gasteiger partial charge in [-0.1, -0.05) is 17.7 Å². The van der Waals surface area contributed by atoms with E-state index >= 15 is 0 Å². The van der Waals surface area contributed by atoms with E-state index in [4.69, 9.17) is 22.1 Å². The Bertz CT molecular complexity index is 925. The lowest BCUT2D eigenvalue weighted by atomic mass is 9.95. The number of carbonyl (C=O) groups is 1. The highest BCUT2D eigenvalue weighted by Crippen LogP contribution is 2.36. The summed E-state index contributed by atoms with van der Waals surface area (Å²) in [6.07, 6.45) is 0. The summed E-state index contributed by atoms with van der Waals surface area (Å²) in [6, 6.07) is 3.22. The van der Waals surface area contributed by atoms with Gasteiger partial charge in [0, 0.05) is 21.7 Å². The fraction of sp³-hybridized carbons (Fsp3) is 0.235. The molecule has 1 atom stereocenters. The first-order chi connectivity index (χ1) is 12.4. The molecule has 0 spiro atoms. The van der Waals surface area contributed by atoms with Crippen LogP contribution in [0.25, 0.3) is 0 Å². The van der Waals surface area contributed by atoms with Gasteiger partial charge >= 0.3 is 5.97 Å². The van der Waals surface area contributed by atoms with Crippen molar-refractivity contribution >= 4 is 39.9 Å². The number of carbonyl (C=O) groups excluding carboxylic acids is 1. The van der Waals surface area contributed by atoms with Gasteiger partial charge in [0.2, 0.25) is 0 Å². The molecule has 1 unspecified atom stereocenters. The number of benzene rings is 1. The third-order valence-electron chi connectivity index (χ3n) is 3.76. The number of allylic oxidation sites excluding steroid dienone is 1. The molecular weight excluding hydrogens is 379 g/mol. The van der Waals surface area contributed by atoms with Crippen molar-refractivity contribution in [1.29, 1.82) is 0 Å². The zero-order chi connectivity index (χ0) is 18.8. The Balaban J connectivity index is 2.12. The van der Waals surface area contributed by atoms with Crippen molar-refractivity contribution < 1.29 is 13.9 Å². The second kappa shape index (κ2) is 7.43. The van der Waals surface area contributed by atoms with E-state index < -0.39 is 17.8 Å². The van der Waals surface area contributed by atoms with Crippen LogP contribution in [-0.4, -0.2) is 23.4 Å². The van der Waals surface area contributed by atoms with E-state index in [-0.39, 0.29) is 11.6 Å². The summed E-state index contributed by atoms with van der Waals surface area (Å²) in [5, 5.41) is 5.40. The molecule has 0 fully saturated rings. The molecule has 0 aliphatic carbocycles. The third kappa shape index (κ3) is 3.56. The van der Waals surface area contributed by atoms with Crippen LogP contribution >= 0.6 is 22.9 Å². The molecule has 9 heteroatoms. The zero-order valence-electron chi connectivity index (χ0n) is 14.0. The Labute approximate surface area is 158 Å². The molecule has 26 heavy (non-hydrogen) atoms. The number of esters is 1. The number of nitrogens with zero attached hydrogens (tertiary/aromatic N) is 2. The molecular formula is C17H16ClFN4O2S. The molecule has 1 aromatic heterocycles. The van der Waals surface area contributed by atoms with E-state index in [1.807, 2.05) is 0 Å². The van der Waals surface area contributed by atoms with Crippen LogP contribution in [0.2, 0.25) is 5.02 Å². The Morgan fingerprint density at radius 1 is 1.50 bits per heavy atom. The highest BCUT2D eigenvalue weighted by molar-refractivity contribution is 7.13. The molecule has 3 N–H and O–H groups in total. The van der Waals surface area contributed by atoms with Gasteiger partial charge in [0.1, 0.15) is 17.6 Å². The maximum atomic E-state index is 13.5. The van der Waals surface area contributed by atoms with Crippen LogP contribution in [0.15, 0.2) is 39.8 Å². The van der Waals surface area contributed by atoms with Gasteiger partial charge in [-0.2, -0.15) is 0 Å². The SMILES string of the molecule is CCOC(=O)C1=C(C)NC(c2csc(N)n2)=NC1c1ccc(F)cc1Cl. The predicted octanol–water partition coefficient (Wildman–Crippen LogP) is 3.45. The summed E-state index contributed by atoms with van der Waals surface area (Å²) in [7, 11) is 0. The molecule has 3 rings (SSSR count). The Morgan fingerprint density at radius 3 is 2.88 bits per heavy atom. The Hall–Kier alpha value is -2.45. The Morgan fingerprint density at radius 2 is 2.27 bits per heavy atom. The van der Waals surface area contributed by atoms with Crippen LogP contribution in [0.5, 0.6) is 0 Å². The summed E-state index contributed by atoms with van der Waals surface area (Å²) in [5.41, 5.74) is 7.62. The number of nitrogens with one attached hydrogen (secondary N) is 1. The van der Waals surface area contributed by atoms with Crippen LogP contribution in [0.1, 0.15) is 31.1 Å². The Kier molecular flexibility index (Phi) is 5.24. The largest absolute Gasteiger partial charge is 0.463 e. The fourth-order valence-electron chi connectivity index (χ4n) is 2.62. The monoisotopic (exact) mass is 394 g/mol. The molecule has 6 nitrogen and oxygen atoms in total. The highest BCUT2D eigenvalue weighted by atomic mass is 35.5. The van der Waals surface area contributed by atoms with Gasteiger partial charge in [0.05, 0.1) is 12.2 Å². The maximum Gasteiger partial charge on any atom is 0.338 e. The minimum atomic E-state index is -0.749. The first-order valence-corrected chi connectivity index (χ1v) is 9.05. The smallest absolute Gasteiger partial charge is 0.338 e. The van der Waals surface area contributed by atoms with Gasteiger partial charge < -0.3 is 15.8 Å². The number of hydrogen-bond acceptors (Lipinski definition) is 7. The maximum absolute atomic E-state index is 13.5. The van der Waals surface area contributed by atoms with E-state index in [0.717, 1.165) is 0 Å². The van der Waals surface area contributed by atoms with Gasteiger partial charge in [-0.15, -0.1) is 11.3 Å². The van der Waals surface area contributed by atoms with Crippen molar-refractivity contribution in [2.75, 3.05) is 12.3 Å². The van der Waals surface area contributed by atoms with Crippen LogP contribution in [0.3, 0.4) is 0 Å². The van der Waals surface area contributed by atoms with Gasteiger partial charge in [0.25, 0.3) is 0 Å². The quantitative estimate of drug-likeness (QED) is 0.775. The second-order valence-corrected chi connectivity index (χ2v) is 6.80. The number of nitrogens with two attached hydrogens (primary N) is 1. The minimum absolute atomic E-state index is 0.174. The van der Waals surface area contributed by atoms with Crippen LogP contribution in [-0.2, 0) is 9.53 Å². The molecule has 2 heterocycles. The number of hydrogen-bond donors (Lipinski definition) is 2.